The first-order valence-electron chi connectivity index (χ1n) is 9.66. The fourth-order valence-corrected chi connectivity index (χ4v) is 3.63. The molecule has 0 atom stereocenters. The van der Waals surface area contributed by atoms with Gasteiger partial charge < -0.3 is 10.1 Å². The van der Waals surface area contributed by atoms with Crippen molar-refractivity contribution in [2.45, 2.75) is 12.3 Å². The minimum Gasteiger partial charge on any atom is -0.449 e. The summed E-state index contributed by atoms with van der Waals surface area (Å²) < 4.78 is 31.8. The number of benzene rings is 3. The lowest BCUT2D eigenvalue weighted by Crippen LogP contribution is -2.26. The van der Waals surface area contributed by atoms with Crippen molar-refractivity contribution in [2.75, 3.05) is 13.2 Å². The molecule has 1 aliphatic carbocycles. The van der Waals surface area contributed by atoms with E-state index in [1.807, 2.05) is 24.3 Å². The average Bonchev–Trinajstić information content (AvgIpc) is 3.07. The number of alkyl carbamates (subject to hydrolysis) is 1. The molecule has 1 N–H and O–H groups in total. The molecule has 0 saturated carbocycles. The van der Waals surface area contributed by atoms with Crippen LogP contribution in [0.4, 0.5) is 13.6 Å². The monoisotopic (exact) mass is 403 g/mol. The third-order valence-corrected chi connectivity index (χ3v) is 5.02. The fourth-order valence-electron chi connectivity index (χ4n) is 3.63. The van der Waals surface area contributed by atoms with E-state index in [2.05, 4.69) is 41.4 Å². The van der Waals surface area contributed by atoms with Gasteiger partial charge in [0.25, 0.3) is 0 Å². The highest BCUT2D eigenvalue weighted by atomic mass is 19.1. The molecule has 0 bridgehead atoms. The van der Waals surface area contributed by atoms with Crippen molar-refractivity contribution in [2.24, 2.45) is 0 Å². The van der Waals surface area contributed by atoms with Gasteiger partial charge in [-0.2, -0.15) is 0 Å². The minimum atomic E-state index is -0.702. The van der Waals surface area contributed by atoms with Crippen LogP contribution >= 0.6 is 0 Å². The molecule has 1 aliphatic rings. The first kappa shape index (κ1) is 19.7. The standard InChI is InChI=1S/C25H19F2NO2/c26-18-13-12-17(24(27)15-18)7-5-6-14-28-25(29)30-16-23-21-10-3-1-8-19(21)20-9-2-4-11-22(20)23/h1-4,8-13,15,23H,6,14,16H2,(H,28,29). The zero-order valence-corrected chi connectivity index (χ0v) is 16.1. The van der Waals surface area contributed by atoms with E-state index in [9.17, 15) is 13.6 Å². The Kier molecular flexibility index (Phi) is 5.76. The lowest BCUT2D eigenvalue weighted by molar-refractivity contribution is 0.143. The van der Waals surface area contributed by atoms with E-state index >= 15 is 0 Å². The second-order valence-corrected chi connectivity index (χ2v) is 6.93. The highest BCUT2D eigenvalue weighted by molar-refractivity contribution is 5.79. The van der Waals surface area contributed by atoms with Gasteiger partial charge in [-0.15, -0.1) is 0 Å². The number of fused-ring (bicyclic) bond motifs is 3. The topological polar surface area (TPSA) is 38.3 Å². The van der Waals surface area contributed by atoms with Gasteiger partial charge in [-0.1, -0.05) is 60.4 Å². The summed E-state index contributed by atoms with van der Waals surface area (Å²) in [5.41, 5.74) is 4.77. The van der Waals surface area contributed by atoms with Crippen LogP contribution in [0.2, 0.25) is 0 Å². The van der Waals surface area contributed by atoms with E-state index < -0.39 is 17.7 Å². The van der Waals surface area contributed by atoms with Crippen molar-refractivity contribution in [1.82, 2.24) is 5.32 Å². The molecule has 0 fully saturated rings. The molecule has 3 nitrogen and oxygen atoms in total. The SMILES string of the molecule is O=C(NCCC#Cc1ccc(F)cc1F)OCC1c2ccccc2-c2ccccc21. The van der Waals surface area contributed by atoms with Crippen LogP contribution in [0.1, 0.15) is 29.0 Å². The predicted octanol–water partition coefficient (Wildman–Crippen LogP) is 5.25. The third kappa shape index (κ3) is 4.18. The predicted molar refractivity (Wildman–Crippen MR) is 111 cm³/mol. The number of carbonyl (C=O) groups is 1. The summed E-state index contributed by atoms with van der Waals surface area (Å²) in [7, 11) is 0. The van der Waals surface area contributed by atoms with Gasteiger partial charge in [-0.05, 0) is 34.4 Å². The van der Waals surface area contributed by atoms with Crippen LogP contribution in [-0.4, -0.2) is 19.2 Å². The molecule has 0 unspecified atom stereocenters. The maximum atomic E-state index is 13.5. The van der Waals surface area contributed by atoms with Gasteiger partial charge in [0.2, 0.25) is 0 Å². The Bertz CT molecular complexity index is 1100. The molecule has 0 spiro atoms. The lowest BCUT2D eigenvalue weighted by atomic mass is 9.98. The van der Waals surface area contributed by atoms with Crippen LogP contribution < -0.4 is 5.32 Å². The molecule has 0 heterocycles. The summed E-state index contributed by atoms with van der Waals surface area (Å²) in [6.45, 7) is 0.513. The Labute approximate surface area is 173 Å². The first-order chi connectivity index (χ1) is 14.6. The number of hydrogen-bond donors (Lipinski definition) is 1. The zero-order valence-electron chi connectivity index (χ0n) is 16.1. The van der Waals surface area contributed by atoms with Crippen molar-refractivity contribution in [1.29, 1.82) is 0 Å². The highest BCUT2D eigenvalue weighted by Gasteiger charge is 2.28. The largest absolute Gasteiger partial charge is 0.449 e. The summed E-state index contributed by atoms with van der Waals surface area (Å²) in [5.74, 6) is 4.05. The molecule has 0 radical (unpaired) electrons. The fraction of sp³-hybridized carbons (Fsp3) is 0.160. The van der Waals surface area contributed by atoms with Crippen molar-refractivity contribution in [3.63, 3.8) is 0 Å². The summed E-state index contributed by atoms with van der Waals surface area (Å²) >= 11 is 0. The van der Waals surface area contributed by atoms with Crippen LogP contribution in [0.25, 0.3) is 11.1 Å². The number of halogens is 2. The Morgan fingerprint density at radius 3 is 2.30 bits per heavy atom. The minimum absolute atomic E-state index is 0.00407. The summed E-state index contributed by atoms with van der Waals surface area (Å²) in [6, 6.07) is 19.5. The molecular formula is C25H19F2NO2. The van der Waals surface area contributed by atoms with Crippen LogP contribution in [0, 0.1) is 23.5 Å². The second kappa shape index (κ2) is 8.79. The van der Waals surface area contributed by atoms with E-state index in [0.29, 0.717) is 6.42 Å². The molecule has 1 amide bonds. The maximum absolute atomic E-state index is 13.5. The van der Waals surface area contributed by atoms with Gasteiger partial charge in [0.15, 0.2) is 0 Å². The first-order valence-corrected chi connectivity index (χ1v) is 9.66. The van der Waals surface area contributed by atoms with Gasteiger partial charge in [0.05, 0.1) is 5.56 Å². The van der Waals surface area contributed by atoms with Crippen molar-refractivity contribution in [3.05, 3.63) is 95.1 Å². The maximum Gasteiger partial charge on any atom is 0.407 e. The average molecular weight is 403 g/mol. The van der Waals surface area contributed by atoms with E-state index in [1.54, 1.807) is 0 Å². The van der Waals surface area contributed by atoms with Gasteiger partial charge in [-0.3, -0.25) is 0 Å². The number of amides is 1. The molecule has 30 heavy (non-hydrogen) atoms. The molecule has 3 aromatic rings. The summed E-state index contributed by atoms with van der Waals surface area (Å²) in [4.78, 5) is 12.1. The van der Waals surface area contributed by atoms with Crippen molar-refractivity contribution >= 4 is 6.09 Å². The molecule has 0 aliphatic heterocycles. The lowest BCUT2D eigenvalue weighted by Gasteiger charge is -2.14. The highest BCUT2D eigenvalue weighted by Crippen LogP contribution is 2.44. The molecule has 5 heteroatoms. The number of rotatable bonds is 4. The van der Waals surface area contributed by atoms with Crippen LogP contribution in [-0.2, 0) is 4.74 Å². The van der Waals surface area contributed by atoms with Crippen molar-refractivity contribution in [3.8, 4) is 23.0 Å². The molecule has 3 aromatic carbocycles. The number of hydrogen-bond acceptors (Lipinski definition) is 2. The number of nitrogens with one attached hydrogen (secondary N) is 1. The van der Waals surface area contributed by atoms with Gasteiger partial charge in [0, 0.05) is 24.9 Å². The Hall–Kier alpha value is -3.65. The van der Waals surface area contributed by atoms with E-state index in [4.69, 9.17) is 4.74 Å². The van der Waals surface area contributed by atoms with Crippen LogP contribution in [0.15, 0.2) is 66.7 Å². The van der Waals surface area contributed by atoms with Gasteiger partial charge >= 0.3 is 6.09 Å². The number of carbonyl (C=O) groups excluding carboxylic acids is 1. The zero-order chi connectivity index (χ0) is 20.9. The van der Waals surface area contributed by atoms with E-state index in [0.717, 1.165) is 23.3 Å². The number of ether oxygens (including phenoxy) is 1. The Morgan fingerprint density at radius 1 is 0.967 bits per heavy atom. The molecule has 0 saturated heterocycles. The smallest absolute Gasteiger partial charge is 0.407 e. The van der Waals surface area contributed by atoms with Crippen molar-refractivity contribution < 1.29 is 18.3 Å². The van der Waals surface area contributed by atoms with Crippen LogP contribution in [0.3, 0.4) is 0 Å². The molecule has 0 aromatic heterocycles. The normalized spacial score (nSPS) is 11.8. The Morgan fingerprint density at radius 2 is 1.63 bits per heavy atom. The molecule has 150 valence electrons. The Balaban J connectivity index is 1.29. The van der Waals surface area contributed by atoms with Crippen LogP contribution in [0.5, 0.6) is 0 Å². The van der Waals surface area contributed by atoms with E-state index in [1.165, 1.54) is 17.2 Å². The second-order valence-electron chi connectivity index (χ2n) is 6.93. The quantitative estimate of drug-likeness (QED) is 0.478. The third-order valence-electron chi connectivity index (χ3n) is 5.02. The molecular weight excluding hydrogens is 384 g/mol. The molecule has 4 rings (SSSR count). The summed E-state index contributed by atoms with van der Waals surface area (Å²) in [5, 5.41) is 2.65. The van der Waals surface area contributed by atoms with Gasteiger partial charge in [-0.25, -0.2) is 13.6 Å². The summed E-state index contributed by atoms with van der Waals surface area (Å²) in [6.07, 6.45) is -0.201. The van der Waals surface area contributed by atoms with Gasteiger partial charge in [0.1, 0.15) is 18.2 Å². The van der Waals surface area contributed by atoms with E-state index in [-0.39, 0.29) is 24.6 Å².